The van der Waals surface area contributed by atoms with Gasteiger partial charge in [-0.1, -0.05) is 6.08 Å². The molecule has 1 amide bonds. The molecule has 16 heavy (non-hydrogen) atoms. The fourth-order valence-electron chi connectivity index (χ4n) is 1.08. The highest BCUT2D eigenvalue weighted by Crippen LogP contribution is 2.14. The van der Waals surface area contributed by atoms with Gasteiger partial charge in [0, 0.05) is 6.54 Å². The van der Waals surface area contributed by atoms with Gasteiger partial charge in [0.25, 0.3) is 5.91 Å². The van der Waals surface area contributed by atoms with Crippen LogP contribution in [-0.2, 0) is 0 Å². The third-order valence-electron chi connectivity index (χ3n) is 1.91. The normalized spacial score (nSPS) is 9.94. The summed E-state index contributed by atoms with van der Waals surface area (Å²) in [5.41, 5.74) is -0.511. The number of benzene rings is 1. The van der Waals surface area contributed by atoms with Crippen molar-refractivity contribution in [2.45, 2.75) is 6.42 Å². The molecule has 0 radical (unpaired) electrons. The highest BCUT2D eigenvalue weighted by atomic mass is 19.2. The van der Waals surface area contributed by atoms with Crippen LogP contribution in [0.3, 0.4) is 0 Å². The van der Waals surface area contributed by atoms with Gasteiger partial charge in [0.1, 0.15) is 0 Å². The molecule has 1 N–H and O–H groups in total. The van der Waals surface area contributed by atoms with Gasteiger partial charge in [0.05, 0.1) is 5.56 Å². The van der Waals surface area contributed by atoms with Crippen LogP contribution in [0.15, 0.2) is 24.8 Å². The summed E-state index contributed by atoms with van der Waals surface area (Å²) in [4.78, 5) is 11.3. The maximum Gasteiger partial charge on any atom is 0.254 e. The SMILES string of the molecule is C=CCCNC(=O)c1ccc(F)c(F)c1F. The Hall–Kier alpha value is -1.78. The zero-order valence-electron chi connectivity index (χ0n) is 8.40. The number of hydrogen-bond acceptors (Lipinski definition) is 1. The first-order valence-corrected chi connectivity index (χ1v) is 4.60. The Bertz CT molecular complexity index is 418. The summed E-state index contributed by atoms with van der Waals surface area (Å²) < 4.78 is 38.5. The van der Waals surface area contributed by atoms with Gasteiger partial charge < -0.3 is 5.32 Å². The van der Waals surface area contributed by atoms with Crippen molar-refractivity contribution >= 4 is 5.91 Å². The van der Waals surface area contributed by atoms with E-state index in [2.05, 4.69) is 11.9 Å². The first-order valence-electron chi connectivity index (χ1n) is 4.60. The minimum atomic E-state index is -1.64. The molecule has 0 aliphatic heterocycles. The smallest absolute Gasteiger partial charge is 0.254 e. The van der Waals surface area contributed by atoms with Gasteiger partial charge in [-0.3, -0.25) is 4.79 Å². The Kier molecular flexibility index (Phi) is 4.10. The number of hydrogen-bond donors (Lipinski definition) is 1. The van der Waals surface area contributed by atoms with E-state index in [1.165, 1.54) is 0 Å². The lowest BCUT2D eigenvalue weighted by atomic mass is 10.2. The van der Waals surface area contributed by atoms with E-state index in [9.17, 15) is 18.0 Å². The van der Waals surface area contributed by atoms with Crippen molar-refractivity contribution in [3.63, 3.8) is 0 Å². The lowest BCUT2D eigenvalue weighted by Crippen LogP contribution is -2.25. The van der Waals surface area contributed by atoms with E-state index in [0.717, 1.165) is 6.07 Å². The maximum absolute atomic E-state index is 13.1. The Labute approximate surface area is 90.8 Å². The molecule has 0 unspecified atom stereocenters. The molecule has 0 aliphatic rings. The van der Waals surface area contributed by atoms with E-state index in [4.69, 9.17) is 0 Å². The number of rotatable bonds is 4. The summed E-state index contributed by atoms with van der Waals surface area (Å²) in [6.07, 6.45) is 2.08. The number of amides is 1. The lowest BCUT2D eigenvalue weighted by Gasteiger charge is -2.05. The Balaban J connectivity index is 2.84. The second-order valence-corrected chi connectivity index (χ2v) is 3.06. The zero-order chi connectivity index (χ0) is 12.1. The monoisotopic (exact) mass is 229 g/mol. The first-order chi connectivity index (χ1) is 7.57. The van der Waals surface area contributed by atoms with E-state index in [1.807, 2.05) is 0 Å². The quantitative estimate of drug-likeness (QED) is 0.479. The number of nitrogens with one attached hydrogen (secondary N) is 1. The second-order valence-electron chi connectivity index (χ2n) is 3.06. The first kappa shape index (κ1) is 12.3. The highest BCUT2D eigenvalue weighted by molar-refractivity contribution is 5.94. The van der Waals surface area contributed by atoms with Crippen LogP contribution >= 0.6 is 0 Å². The van der Waals surface area contributed by atoms with Crippen molar-refractivity contribution in [3.8, 4) is 0 Å². The van der Waals surface area contributed by atoms with E-state index in [1.54, 1.807) is 6.08 Å². The summed E-state index contributed by atoms with van der Waals surface area (Å²) in [6.45, 7) is 3.70. The van der Waals surface area contributed by atoms with Crippen LogP contribution in [0.4, 0.5) is 13.2 Å². The van der Waals surface area contributed by atoms with E-state index in [0.29, 0.717) is 12.5 Å². The molecule has 0 bridgehead atoms. The van der Waals surface area contributed by atoms with Gasteiger partial charge in [-0.05, 0) is 18.6 Å². The molecule has 0 saturated carbocycles. The van der Waals surface area contributed by atoms with Crippen LogP contribution in [0.2, 0.25) is 0 Å². The summed E-state index contributed by atoms with van der Waals surface area (Å²) in [7, 11) is 0. The molecular weight excluding hydrogens is 219 g/mol. The number of carbonyl (C=O) groups is 1. The summed E-state index contributed by atoms with van der Waals surface area (Å²) in [6, 6.07) is 1.61. The van der Waals surface area contributed by atoms with E-state index >= 15 is 0 Å². The minimum Gasteiger partial charge on any atom is -0.352 e. The average Bonchev–Trinajstić information content (AvgIpc) is 2.26. The molecule has 1 rings (SSSR count). The highest BCUT2D eigenvalue weighted by Gasteiger charge is 2.17. The molecule has 0 aromatic heterocycles. The van der Waals surface area contributed by atoms with Crippen molar-refractivity contribution in [3.05, 3.63) is 47.8 Å². The van der Waals surface area contributed by atoms with Crippen LogP contribution in [0.5, 0.6) is 0 Å². The molecule has 86 valence electrons. The third-order valence-corrected chi connectivity index (χ3v) is 1.91. The van der Waals surface area contributed by atoms with Crippen molar-refractivity contribution in [1.82, 2.24) is 5.32 Å². The maximum atomic E-state index is 13.1. The predicted octanol–water partition coefficient (Wildman–Crippen LogP) is 2.41. The van der Waals surface area contributed by atoms with Crippen LogP contribution in [0, 0.1) is 17.5 Å². The third kappa shape index (κ3) is 2.62. The van der Waals surface area contributed by atoms with E-state index in [-0.39, 0.29) is 6.54 Å². The van der Waals surface area contributed by atoms with Crippen LogP contribution in [-0.4, -0.2) is 12.5 Å². The van der Waals surface area contributed by atoms with Crippen molar-refractivity contribution in [2.24, 2.45) is 0 Å². The zero-order valence-corrected chi connectivity index (χ0v) is 8.40. The topological polar surface area (TPSA) is 29.1 Å². The second kappa shape index (κ2) is 5.34. The Morgan fingerprint density at radius 3 is 2.62 bits per heavy atom. The largest absolute Gasteiger partial charge is 0.352 e. The fourth-order valence-corrected chi connectivity index (χ4v) is 1.08. The predicted molar refractivity (Wildman–Crippen MR) is 53.5 cm³/mol. The van der Waals surface area contributed by atoms with Gasteiger partial charge >= 0.3 is 0 Å². The van der Waals surface area contributed by atoms with Gasteiger partial charge in [-0.25, -0.2) is 13.2 Å². The van der Waals surface area contributed by atoms with Crippen LogP contribution in [0.1, 0.15) is 16.8 Å². The standard InChI is InChI=1S/C11H10F3NO/c1-2-3-6-15-11(16)7-4-5-8(12)10(14)9(7)13/h2,4-5H,1,3,6H2,(H,15,16). The van der Waals surface area contributed by atoms with Gasteiger partial charge in [0.2, 0.25) is 0 Å². The van der Waals surface area contributed by atoms with Crippen LogP contribution in [0.25, 0.3) is 0 Å². The summed E-state index contributed by atoms with van der Waals surface area (Å²) in [5, 5.41) is 2.35. The summed E-state index contributed by atoms with van der Waals surface area (Å²) in [5.74, 6) is -5.22. The average molecular weight is 229 g/mol. The van der Waals surface area contributed by atoms with Crippen molar-refractivity contribution in [1.29, 1.82) is 0 Å². The molecule has 0 aliphatic carbocycles. The van der Waals surface area contributed by atoms with Gasteiger partial charge in [-0.2, -0.15) is 0 Å². The molecule has 5 heteroatoms. The summed E-state index contributed by atoms with van der Waals surface area (Å²) >= 11 is 0. The van der Waals surface area contributed by atoms with Crippen molar-refractivity contribution in [2.75, 3.05) is 6.54 Å². The number of halogens is 3. The lowest BCUT2D eigenvalue weighted by molar-refractivity contribution is 0.0949. The van der Waals surface area contributed by atoms with E-state index < -0.39 is 28.9 Å². The van der Waals surface area contributed by atoms with Gasteiger partial charge in [0.15, 0.2) is 17.5 Å². The number of carbonyl (C=O) groups excluding carboxylic acids is 1. The molecular formula is C11H10F3NO. The molecule has 0 spiro atoms. The molecule has 0 heterocycles. The molecule has 0 fully saturated rings. The molecule has 0 atom stereocenters. The van der Waals surface area contributed by atoms with Crippen LogP contribution < -0.4 is 5.32 Å². The molecule has 1 aromatic rings. The molecule has 1 aromatic carbocycles. The fraction of sp³-hybridized carbons (Fsp3) is 0.182. The Morgan fingerprint density at radius 1 is 1.31 bits per heavy atom. The van der Waals surface area contributed by atoms with Crippen molar-refractivity contribution < 1.29 is 18.0 Å². The molecule has 0 saturated heterocycles. The Morgan fingerprint density at radius 2 is 2.00 bits per heavy atom. The minimum absolute atomic E-state index is 0.265. The molecule has 2 nitrogen and oxygen atoms in total. The van der Waals surface area contributed by atoms with Gasteiger partial charge in [-0.15, -0.1) is 6.58 Å².